The number of para-hydroxylation sites is 1. The van der Waals surface area contributed by atoms with Crippen molar-refractivity contribution in [3.63, 3.8) is 0 Å². The van der Waals surface area contributed by atoms with Gasteiger partial charge in [0.05, 0.1) is 12.2 Å². The quantitative estimate of drug-likeness (QED) is 0.364. The van der Waals surface area contributed by atoms with Crippen LogP contribution in [0.15, 0.2) is 33.8 Å². The smallest absolute Gasteiger partial charge is 0.193 e. The monoisotopic (exact) mass is 490 g/mol. The molecule has 1 aromatic heterocycles. The van der Waals surface area contributed by atoms with Crippen LogP contribution in [0.25, 0.3) is 0 Å². The van der Waals surface area contributed by atoms with Gasteiger partial charge in [-0.15, -0.1) is 24.0 Å². The van der Waals surface area contributed by atoms with Gasteiger partial charge in [-0.05, 0) is 26.0 Å². The number of likely N-dealkylation sites (N-methyl/N-ethyl adjacent to an activating group) is 1. The molecule has 27 heavy (non-hydrogen) atoms. The summed E-state index contributed by atoms with van der Waals surface area (Å²) in [5, 5.41) is 7.35. The van der Waals surface area contributed by atoms with E-state index in [2.05, 4.69) is 22.4 Å². The van der Waals surface area contributed by atoms with Gasteiger partial charge in [-0.25, -0.2) is 4.39 Å². The third-order valence-electron chi connectivity index (χ3n) is 4.24. The van der Waals surface area contributed by atoms with Crippen molar-refractivity contribution in [1.29, 1.82) is 0 Å². The fraction of sp³-hybridized carbons (Fsp3) is 0.474. The second kappa shape index (κ2) is 11.1. The summed E-state index contributed by atoms with van der Waals surface area (Å²) in [4.78, 5) is 6.24. The van der Waals surface area contributed by atoms with Crippen molar-refractivity contribution in [1.82, 2.24) is 15.4 Å². The minimum atomic E-state index is -0.356. The SMILES string of the molecule is CN=C(NCC(C)c1c(C)noc1C)N(C)CCOc1ccccc1F.I. The first-order valence-electron chi connectivity index (χ1n) is 8.66. The summed E-state index contributed by atoms with van der Waals surface area (Å²) in [6.45, 7) is 7.63. The number of nitrogens with one attached hydrogen (secondary N) is 1. The Morgan fingerprint density at radius 3 is 2.67 bits per heavy atom. The molecule has 1 N–H and O–H groups in total. The first-order valence-corrected chi connectivity index (χ1v) is 8.66. The zero-order chi connectivity index (χ0) is 19.1. The molecule has 0 bridgehead atoms. The van der Waals surface area contributed by atoms with Crippen LogP contribution in [0.2, 0.25) is 0 Å². The Bertz CT molecular complexity index is 732. The maximum atomic E-state index is 13.6. The van der Waals surface area contributed by atoms with Crippen molar-refractivity contribution in [2.75, 3.05) is 33.8 Å². The molecule has 1 aromatic carbocycles. The van der Waals surface area contributed by atoms with Crippen molar-refractivity contribution in [2.24, 2.45) is 4.99 Å². The van der Waals surface area contributed by atoms with E-state index in [-0.39, 0.29) is 41.5 Å². The lowest BCUT2D eigenvalue weighted by Crippen LogP contribution is -2.42. The van der Waals surface area contributed by atoms with E-state index < -0.39 is 0 Å². The molecule has 0 aliphatic rings. The molecule has 1 heterocycles. The van der Waals surface area contributed by atoms with E-state index in [9.17, 15) is 4.39 Å². The van der Waals surface area contributed by atoms with E-state index in [0.717, 1.165) is 23.0 Å². The summed E-state index contributed by atoms with van der Waals surface area (Å²) in [5.74, 6) is 1.74. The van der Waals surface area contributed by atoms with E-state index in [1.165, 1.54) is 6.07 Å². The molecule has 8 heteroatoms. The zero-order valence-electron chi connectivity index (χ0n) is 16.5. The van der Waals surface area contributed by atoms with Crippen LogP contribution in [0.3, 0.4) is 0 Å². The molecule has 1 unspecified atom stereocenters. The molecular weight excluding hydrogens is 462 g/mol. The van der Waals surface area contributed by atoms with Crippen LogP contribution in [0.4, 0.5) is 4.39 Å². The van der Waals surface area contributed by atoms with E-state index in [4.69, 9.17) is 9.26 Å². The molecule has 0 aliphatic carbocycles. The highest BCUT2D eigenvalue weighted by molar-refractivity contribution is 14.0. The predicted octanol–water partition coefficient (Wildman–Crippen LogP) is 3.74. The van der Waals surface area contributed by atoms with Gasteiger partial charge in [0.15, 0.2) is 17.5 Å². The summed E-state index contributed by atoms with van der Waals surface area (Å²) < 4.78 is 24.3. The maximum Gasteiger partial charge on any atom is 0.193 e. The predicted molar refractivity (Wildman–Crippen MR) is 116 cm³/mol. The number of halogens is 2. The van der Waals surface area contributed by atoms with Crippen molar-refractivity contribution >= 4 is 29.9 Å². The minimum absolute atomic E-state index is 0. The highest BCUT2D eigenvalue weighted by Crippen LogP contribution is 2.22. The number of aromatic nitrogens is 1. The summed E-state index contributed by atoms with van der Waals surface area (Å²) >= 11 is 0. The Balaban J connectivity index is 0.00000364. The Labute approximate surface area is 177 Å². The van der Waals surface area contributed by atoms with Gasteiger partial charge < -0.3 is 19.5 Å². The number of aliphatic imine (C=N–C) groups is 1. The summed E-state index contributed by atoms with van der Waals surface area (Å²) in [7, 11) is 3.65. The average molecular weight is 490 g/mol. The highest BCUT2D eigenvalue weighted by Gasteiger charge is 2.17. The lowest BCUT2D eigenvalue weighted by molar-refractivity contribution is 0.270. The molecule has 2 rings (SSSR count). The molecule has 0 spiro atoms. The third kappa shape index (κ3) is 6.37. The molecule has 0 amide bonds. The van der Waals surface area contributed by atoms with Crippen LogP contribution >= 0.6 is 24.0 Å². The molecule has 0 saturated carbocycles. The Morgan fingerprint density at radius 2 is 2.07 bits per heavy atom. The number of guanidine groups is 1. The van der Waals surface area contributed by atoms with E-state index in [1.54, 1.807) is 25.2 Å². The van der Waals surface area contributed by atoms with Gasteiger partial charge in [0, 0.05) is 32.1 Å². The second-order valence-corrected chi connectivity index (χ2v) is 6.27. The number of rotatable bonds is 7. The molecule has 0 saturated heterocycles. The molecular formula is C19H28FIN4O2. The number of benzene rings is 1. The van der Waals surface area contributed by atoms with Gasteiger partial charge in [0.1, 0.15) is 12.4 Å². The minimum Gasteiger partial charge on any atom is -0.489 e. The van der Waals surface area contributed by atoms with Gasteiger partial charge in [-0.3, -0.25) is 4.99 Å². The fourth-order valence-electron chi connectivity index (χ4n) is 2.89. The number of nitrogens with zero attached hydrogens (tertiary/aromatic N) is 3. The standard InChI is InChI=1S/C19H27FN4O2.HI/c1-13(18-14(2)23-26-15(18)3)12-22-19(21-4)24(5)10-11-25-17-9-7-6-8-16(17)20;/h6-9,13H,10-12H2,1-5H3,(H,21,22);1H. The molecule has 0 fully saturated rings. The molecule has 6 nitrogen and oxygen atoms in total. The zero-order valence-corrected chi connectivity index (χ0v) is 18.8. The average Bonchev–Trinajstić information content (AvgIpc) is 2.95. The molecule has 0 aliphatic heterocycles. The van der Waals surface area contributed by atoms with E-state index in [1.807, 2.05) is 25.8 Å². The van der Waals surface area contributed by atoms with Gasteiger partial charge >= 0.3 is 0 Å². The summed E-state index contributed by atoms with van der Waals surface area (Å²) in [6.07, 6.45) is 0. The van der Waals surface area contributed by atoms with Crippen molar-refractivity contribution in [3.05, 3.63) is 47.1 Å². The molecule has 2 aromatic rings. The van der Waals surface area contributed by atoms with Gasteiger partial charge in [0.25, 0.3) is 0 Å². The van der Waals surface area contributed by atoms with E-state index in [0.29, 0.717) is 19.7 Å². The van der Waals surface area contributed by atoms with E-state index >= 15 is 0 Å². The third-order valence-corrected chi connectivity index (χ3v) is 4.24. The number of hydrogen-bond acceptors (Lipinski definition) is 4. The Hall–Kier alpha value is -1.84. The lowest BCUT2D eigenvalue weighted by Gasteiger charge is -2.23. The normalized spacial score (nSPS) is 12.3. The second-order valence-electron chi connectivity index (χ2n) is 6.27. The lowest BCUT2D eigenvalue weighted by atomic mass is 10.00. The summed E-state index contributed by atoms with van der Waals surface area (Å²) in [5.41, 5.74) is 2.04. The van der Waals surface area contributed by atoms with Gasteiger partial charge in [-0.1, -0.05) is 24.2 Å². The number of aryl methyl sites for hydroxylation is 2. The van der Waals surface area contributed by atoms with Crippen molar-refractivity contribution < 1.29 is 13.7 Å². The van der Waals surface area contributed by atoms with Crippen molar-refractivity contribution in [3.8, 4) is 5.75 Å². The highest BCUT2D eigenvalue weighted by atomic mass is 127. The Morgan fingerprint density at radius 1 is 1.37 bits per heavy atom. The first-order chi connectivity index (χ1) is 12.4. The fourth-order valence-corrected chi connectivity index (χ4v) is 2.89. The number of ether oxygens (including phenoxy) is 1. The molecule has 1 atom stereocenters. The molecule has 0 radical (unpaired) electrons. The van der Waals surface area contributed by atoms with Crippen LogP contribution in [0, 0.1) is 19.7 Å². The van der Waals surface area contributed by atoms with Crippen LogP contribution in [0.5, 0.6) is 5.75 Å². The van der Waals surface area contributed by atoms with Gasteiger partial charge in [0.2, 0.25) is 0 Å². The first kappa shape index (κ1) is 23.2. The summed E-state index contributed by atoms with van der Waals surface area (Å²) in [6, 6.07) is 6.39. The van der Waals surface area contributed by atoms with Crippen LogP contribution in [0.1, 0.15) is 29.9 Å². The van der Waals surface area contributed by atoms with Crippen LogP contribution in [-0.2, 0) is 0 Å². The topological polar surface area (TPSA) is 62.9 Å². The van der Waals surface area contributed by atoms with Crippen LogP contribution < -0.4 is 10.1 Å². The largest absolute Gasteiger partial charge is 0.489 e. The van der Waals surface area contributed by atoms with Crippen molar-refractivity contribution in [2.45, 2.75) is 26.7 Å². The molecule has 150 valence electrons. The maximum absolute atomic E-state index is 13.6. The van der Waals surface area contributed by atoms with Crippen LogP contribution in [-0.4, -0.2) is 49.8 Å². The Kier molecular flexibility index (Phi) is 9.54. The van der Waals surface area contributed by atoms with Gasteiger partial charge in [-0.2, -0.15) is 0 Å². The number of hydrogen-bond donors (Lipinski definition) is 1.